The molecule has 0 aliphatic carbocycles. The van der Waals surface area contributed by atoms with Crippen molar-refractivity contribution in [3.05, 3.63) is 29.2 Å². The van der Waals surface area contributed by atoms with E-state index in [0.29, 0.717) is 12.3 Å². The first kappa shape index (κ1) is 17.8. The van der Waals surface area contributed by atoms with Gasteiger partial charge in [0.05, 0.1) is 6.04 Å². The molecule has 0 spiro atoms. The van der Waals surface area contributed by atoms with Gasteiger partial charge in [-0.15, -0.1) is 11.3 Å². The van der Waals surface area contributed by atoms with E-state index in [1.165, 1.54) is 11.3 Å². The molecule has 1 aliphatic rings. The van der Waals surface area contributed by atoms with Crippen LogP contribution in [-0.2, 0) is 4.79 Å². The molecule has 1 atom stereocenters. The fraction of sp³-hybridized carbons (Fsp3) is 0.556. The number of aromatic nitrogens is 3. The van der Waals surface area contributed by atoms with Crippen molar-refractivity contribution in [2.45, 2.75) is 52.5 Å². The first-order chi connectivity index (χ1) is 12.0. The summed E-state index contributed by atoms with van der Waals surface area (Å²) < 4.78 is 0. The molecule has 1 saturated heterocycles. The average molecular weight is 359 g/mol. The highest BCUT2D eigenvalue weighted by molar-refractivity contribution is 7.13. The van der Waals surface area contributed by atoms with Crippen LogP contribution < -0.4 is 5.32 Å². The highest BCUT2D eigenvalue weighted by atomic mass is 32.1. The smallest absolute Gasteiger partial charge is 0.223 e. The largest absolute Gasteiger partial charge is 0.332 e. The maximum absolute atomic E-state index is 12.7. The van der Waals surface area contributed by atoms with Crippen LogP contribution in [0.2, 0.25) is 0 Å². The van der Waals surface area contributed by atoms with Crippen molar-refractivity contribution in [3.8, 4) is 0 Å². The van der Waals surface area contributed by atoms with E-state index in [-0.39, 0.29) is 11.9 Å². The summed E-state index contributed by atoms with van der Waals surface area (Å²) in [4.78, 5) is 28.2. The van der Waals surface area contributed by atoms with E-state index in [2.05, 4.69) is 29.1 Å². The molecule has 0 unspecified atom stereocenters. The summed E-state index contributed by atoms with van der Waals surface area (Å²) in [6.45, 7) is 6.91. The standard InChI is InChI=1S/C18H25N5OS/c1-12(2)10-16(24)23-8-5-4-6-14(23)17-20-13(3)11-15(21-17)22-18-19-7-9-25-18/h7,9,11-12,14H,4-6,8,10H2,1-3H3,(H,19,20,21,22)/t14-/m0/s1. The Morgan fingerprint density at radius 2 is 2.24 bits per heavy atom. The second kappa shape index (κ2) is 7.91. The minimum atomic E-state index is -0.0308. The van der Waals surface area contributed by atoms with Crippen molar-refractivity contribution in [1.29, 1.82) is 0 Å². The van der Waals surface area contributed by atoms with Gasteiger partial charge in [0, 0.05) is 36.3 Å². The van der Waals surface area contributed by atoms with Crippen LogP contribution in [0.3, 0.4) is 0 Å². The number of carbonyl (C=O) groups excluding carboxylic acids is 1. The molecule has 0 aromatic carbocycles. The van der Waals surface area contributed by atoms with E-state index in [1.807, 2.05) is 23.3 Å². The lowest BCUT2D eigenvalue weighted by Gasteiger charge is -2.35. The quantitative estimate of drug-likeness (QED) is 0.871. The van der Waals surface area contributed by atoms with Crippen LogP contribution in [0.4, 0.5) is 10.9 Å². The van der Waals surface area contributed by atoms with E-state index >= 15 is 0 Å². The number of hydrogen-bond donors (Lipinski definition) is 1. The predicted molar refractivity (Wildman–Crippen MR) is 99.9 cm³/mol. The second-order valence-electron chi connectivity index (χ2n) is 6.91. The molecule has 7 heteroatoms. The summed E-state index contributed by atoms with van der Waals surface area (Å²) in [5.41, 5.74) is 0.894. The summed E-state index contributed by atoms with van der Waals surface area (Å²) in [6.07, 6.45) is 5.41. The number of nitrogens with zero attached hydrogens (tertiary/aromatic N) is 4. The van der Waals surface area contributed by atoms with Crippen LogP contribution in [0.5, 0.6) is 0 Å². The number of piperidine rings is 1. The van der Waals surface area contributed by atoms with Crippen LogP contribution in [-0.4, -0.2) is 32.3 Å². The number of thiazole rings is 1. The van der Waals surface area contributed by atoms with Gasteiger partial charge in [0.15, 0.2) is 11.0 Å². The first-order valence-corrected chi connectivity index (χ1v) is 9.72. The molecule has 0 bridgehead atoms. The Hall–Kier alpha value is -2.02. The molecule has 0 radical (unpaired) electrons. The third-order valence-corrected chi connectivity index (χ3v) is 4.93. The highest BCUT2D eigenvalue weighted by Crippen LogP contribution is 2.31. The van der Waals surface area contributed by atoms with E-state index in [1.54, 1.807) is 6.20 Å². The molecule has 25 heavy (non-hydrogen) atoms. The molecular weight excluding hydrogens is 334 g/mol. The zero-order chi connectivity index (χ0) is 17.8. The first-order valence-electron chi connectivity index (χ1n) is 8.84. The van der Waals surface area contributed by atoms with Crippen LogP contribution in [0, 0.1) is 12.8 Å². The maximum atomic E-state index is 12.7. The third kappa shape index (κ3) is 4.54. The molecule has 3 rings (SSSR count). The van der Waals surface area contributed by atoms with Gasteiger partial charge >= 0.3 is 0 Å². The van der Waals surface area contributed by atoms with E-state index in [9.17, 15) is 4.79 Å². The average Bonchev–Trinajstić information content (AvgIpc) is 3.06. The van der Waals surface area contributed by atoms with Gasteiger partial charge in [-0.25, -0.2) is 15.0 Å². The highest BCUT2D eigenvalue weighted by Gasteiger charge is 2.30. The number of carbonyl (C=O) groups is 1. The Balaban J connectivity index is 1.85. The van der Waals surface area contributed by atoms with Gasteiger partial charge < -0.3 is 10.2 Å². The Morgan fingerprint density at radius 3 is 2.96 bits per heavy atom. The lowest BCUT2D eigenvalue weighted by molar-refractivity contribution is -0.136. The van der Waals surface area contributed by atoms with Crippen LogP contribution in [0.15, 0.2) is 17.6 Å². The molecule has 0 saturated carbocycles. The van der Waals surface area contributed by atoms with Gasteiger partial charge in [0.25, 0.3) is 0 Å². The molecular formula is C18H25N5OS. The monoisotopic (exact) mass is 359 g/mol. The summed E-state index contributed by atoms with van der Waals surface area (Å²) in [6, 6.07) is 1.88. The van der Waals surface area contributed by atoms with Gasteiger partial charge in [0.1, 0.15) is 5.82 Å². The number of hydrogen-bond acceptors (Lipinski definition) is 6. The summed E-state index contributed by atoms with van der Waals surface area (Å²) in [7, 11) is 0. The van der Waals surface area contributed by atoms with E-state index in [0.717, 1.165) is 48.3 Å². The van der Waals surface area contributed by atoms with Gasteiger partial charge in [-0.05, 0) is 32.1 Å². The third-order valence-electron chi connectivity index (χ3n) is 4.24. The Labute approximate surface area is 152 Å². The zero-order valence-corrected chi connectivity index (χ0v) is 15.8. The topological polar surface area (TPSA) is 71.0 Å². The van der Waals surface area contributed by atoms with Gasteiger partial charge in [-0.1, -0.05) is 13.8 Å². The molecule has 1 fully saturated rings. The number of nitrogens with one attached hydrogen (secondary N) is 1. The zero-order valence-electron chi connectivity index (χ0n) is 15.0. The molecule has 1 aliphatic heterocycles. The fourth-order valence-electron chi connectivity index (χ4n) is 3.16. The maximum Gasteiger partial charge on any atom is 0.223 e. The summed E-state index contributed by atoms with van der Waals surface area (Å²) in [5.74, 6) is 2.03. The Kier molecular flexibility index (Phi) is 5.63. The van der Waals surface area contributed by atoms with Crippen LogP contribution >= 0.6 is 11.3 Å². The Bertz CT molecular complexity index is 716. The predicted octanol–water partition coefficient (Wildman–Crippen LogP) is 4.08. The number of amides is 1. The van der Waals surface area contributed by atoms with Gasteiger partial charge in [0.2, 0.25) is 5.91 Å². The molecule has 6 nitrogen and oxygen atoms in total. The minimum absolute atomic E-state index is 0.0308. The lowest BCUT2D eigenvalue weighted by Crippen LogP contribution is -2.39. The molecule has 1 N–H and O–H groups in total. The van der Waals surface area contributed by atoms with Crippen molar-refractivity contribution in [2.24, 2.45) is 5.92 Å². The Morgan fingerprint density at radius 1 is 1.40 bits per heavy atom. The molecule has 134 valence electrons. The van der Waals surface area contributed by atoms with Gasteiger partial charge in [-0.2, -0.15) is 0 Å². The SMILES string of the molecule is Cc1cc(Nc2nccs2)nc([C@@H]2CCCCN2C(=O)CC(C)C)n1. The molecule has 2 aromatic heterocycles. The van der Waals surface area contributed by atoms with Crippen molar-refractivity contribution >= 4 is 28.2 Å². The number of rotatable bonds is 5. The summed E-state index contributed by atoms with van der Waals surface area (Å²) >= 11 is 1.53. The fourth-order valence-corrected chi connectivity index (χ4v) is 3.70. The van der Waals surface area contributed by atoms with E-state index in [4.69, 9.17) is 4.98 Å². The van der Waals surface area contributed by atoms with Crippen LogP contribution in [0.25, 0.3) is 0 Å². The molecule has 2 aromatic rings. The number of likely N-dealkylation sites (tertiary alicyclic amines) is 1. The molecule has 3 heterocycles. The lowest BCUT2D eigenvalue weighted by atomic mass is 9.99. The number of aryl methyl sites for hydroxylation is 1. The van der Waals surface area contributed by atoms with Gasteiger partial charge in [-0.3, -0.25) is 4.79 Å². The van der Waals surface area contributed by atoms with Crippen LogP contribution in [0.1, 0.15) is 57.1 Å². The van der Waals surface area contributed by atoms with Crippen molar-refractivity contribution in [3.63, 3.8) is 0 Å². The van der Waals surface area contributed by atoms with Crippen molar-refractivity contribution in [2.75, 3.05) is 11.9 Å². The summed E-state index contributed by atoms with van der Waals surface area (Å²) in [5, 5.41) is 5.96. The van der Waals surface area contributed by atoms with Crippen molar-refractivity contribution in [1.82, 2.24) is 19.9 Å². The normalized spacial score (nSPS) is 17.8. The molecule has 1 amide bonds. The second-order valence-corrected chi connectivity index (χ2v) is 7.81. The number of anilines is 2. The van der Waals surface area contributed by atoms with Crippen molar-refractivity contribution < 1.29 is 4.79 Å². The minimum Gasteiger partial charge on any atom is -0.332 e. The van der Waals surface area contributed by atoms with E-state index < -0.39 is 0 Å².